The largest absolute Gasteiger partial charge is 0.416 e. The lowest BCUT2D eigenvalue weighted by Gasteiger charge is -2.24. The van der Waals surface area contributed by atoms with E-state index in [0.717, 1.165) is 23.1 Å². The highest BCUT2D eigenvalue weighted by Gasteiger charge is 2.32. The van der Waals surface area contributed by atoms with E-state index in [-0.39, 0.29) is 25.9 Å². The average molecular weight is 402 g/mol. The third-order valence-electron chi connectivity index (χ3n) is 3.47. The van der Waals surface area contributed by atoms with Crippen LogP contribution in [0.3, 0.4) is 0 Å². The minimum absolute atomic E-state index is 0.00659. The first-order valence-electron chi connectivity index (χ1n) is 7.75. The summed E-state index contributed by atoms with van der Waals surface area (Å²) in [5.41, 5.74) is -1.13. The van der Waals surface area contributed by atoms with E-state index in [1.165, 1.54) is 6.92 Å². The van der Waals surface area contributed by atoms with Crippen molar-refractivity contribution < 1.29 is 26.4 Å². The van der Waals surface area contributed by atoms with Crippen LogP contribution in [0.5, 0.6) is 0 Å². The van der Waals surface area contributed by atoms with E-state index < -0.39 is 38.6 Å². The Kier molecular flexibility index (Phi) is 7.76. The van der Waals surface area contributed by atoms with Gasteiger partial charge in [0.05, 0.1) is 41.5 Å². The summed E-state index contributed by atoms with van der Waals surface area (Å²) >= 11 is 0. The van der Waals surface area contributed by atoms with Crippen molar-refractivity contribution in [2.45, 2.75) is 36.9 Å². The average Bonchev–Trinajstić information content (AvgIpc) is 2.60. The number of amides is 1. The molecule has 1 atom stereocenters. The molecule has 0 saturated heterocycles. The molecule has 7 nitrogen and oxygen atoms in total. The topological polar surface area (TPSA) is 114 Å². The summed E-state index contributed by atoms with van der Waals surface area (Å²) in [6.07, 6.45) is -4.73. The number of nitriles is 2. The van der Waals surface area contributed by atoms with Crippen LogP contribution in [-0.2, 0) is 21.0 Å². The fourth-order valence-electron chi connectivity index (χ4n) is 2.17. The van der Waals surface area contributed by atoms with Gasteiger partial charge in [0.2, 0.25) is 15.9 Å². The lowest BCUT2D eigenvalue weighted by Crippen LogP contribution is -2.47. The highest BCUT2D eigenvalue weighted by atomic mass is 32.2. The number of hydrogen-bond donors (Lipinski definition) is 1. The molecule has 0 saturated carbocycles. The zero-order valence-corrected chi connectivity index (χ0v) is 15.1. The van der Waals surface area contributed by atoms with Crippen LogP contribution in [0.2, 0.25) is 0 Å². The van der Waals surface area contributed by atoms with Crippen molar-refractivity contribution in [2.24, 2.45) is 0 Å². The predicted octanol–water partition coefficient (Wildman–Crippen LogP) is 2.03. The minimum atomic E-state index is -4.71. The Balaban J connectivity index is 2.99. The van der Waals surface area contributed by atoms with Crippen LogP contribution in [0.25, 0.3) is 0 Å². The molecule has 0 radical (unpaired) electrons. The molecule has 0 aliphatic carbocycles. The van der Waals surface area contributed by atoms with Crippen molar-refractivity contribution in [1.29, 1.82) is 10.5 Å². The van der Waals surface area contributed by atoms with Gasteiger partial charge >= 0.3 is 6.18 Å². The maximum absolute atomic E-state index is 12.8. The molecule has 0 bridgehead atoms. The fourth-order valence-corrected chi connectivity index (χ4v) is 3.41. The molecule has 0 aromatic heterocycles. The van der Waals surface area contributed by atoms with Crippen LogP contribution >= 0.6 is 0 Å². The van der Waals surface area contributed by atoms with Crippen molar-refractivity contribution in [2.75, 3.05) is 13.1 Å². The summed E-state index contributed by atoms with van der Waals surface area (Å²) in [5, 5.41) is 17.3. The quantitative estimate of drug-likeness (QED) is 0.715. The van der Waals surface area contributed by atoms with E-state index in [1.807, 2.05) is 16.9 Å². The van der Waals surface area contributed by atoms with Gasteiger partial charge in [-0.15, -0.1) is 0 Å². The van der Waals surface area contributed by atoms with Crippen molar-refractivity contribution >= 4 is 15.9 Å². The third-order valence-corrected chi connectivity index (χ3v) is 5.01. The second kappa shape index (κ2) is 9.35. The summed E-state index contributed by atoms with van der Waals surface area (Å²) in [7, 11) is -4.39. The smallest absolute Gasteiger partial charge is 0.339 e. The van der Waals surface area contributed by atoms with Gasteiger partial charge in [-0.1, -0.05) is 6.07 Å². The predicted molar refractivity (Wildman–Crippen MR) is 88.3 cm³/mol. The van der Waals surface area contributed by atoms with Gasteiger partial charge in [-0.2, -0.15) is 28.4 Å². The summed E-state index contributed by atoms with van der Waals surface area (Å²) < 4.78 is 65.0. The van der Waals surface area contributed by atoms with Crippen LogP contribution in [0.1, 0.15) is 25.3 Å². The van der Waals surface area contributed by atoms with Gasteiger partial charge in [-0.3, -0.25) is 4.79 Å². The molecule has 27 heavy (non-hydrogen) atoms. The van der Waals surface area contributed by atoms with Crippen LogP contribution in [0.4, 0.5) is 13.2 Å². The SMILES string of the molecule is CC(NS(=O)(=O)c1cccc(C(F)(F)F)c1)C(=O)N(CCC#N)CCC#N. The number of nitrogens with one attached hydrogen (secondary N) is 1. The van der Waals surface area contributed by atoms with E-state index in [2.05, 4.69) is 0 Å². The van der Waals surface area contributed by atoms with Gasteiger partial charge in [0.25, 0.3) is 0 Å². The number of halogens is 3. The zero-order valence-electron chi connectivity index (χ0n) is 14.3. The highest BCUT2D eigenvalue weighted by Crippen LogP contribution is 2.30. The summed E-state index contributed by atoms with van der Waals surface area (Å²) in [6, 6.07) is 5.54. The monoisotopic (exact) mass is 402 g/mol. The second-order valence-corrected chi connectivity index (χ2v) is 7.22. The Hall–Kier alpha value is -2.63. The molecule has 0 heterocycles. The highest BCUT2D eigenvalue weighted by molar-refractivity contribution is 7.89. The van der Waals surface area contributed by atoms with E-state index in [1.54, 1.807) is 0 Å². The molecule has 11 heteroatoms. The molecule has 0 aliphatic heterocycles. The van der Waals surface area contributed by atoms with Crippen molar-refractivity contribution in [3.8, 4) is 12.1 Å². The lowest BCUT2D eigenvalue weighted by molar-refractivity contribution is -0.137. The summed E-state index contributed by atoms with van der Waals surface area (Å²) in [4.78, 5) is 12.9. The Morgan fingerprint density at radius 1 is 1.22 bits per heavy atom. The van der Waals surface area contributed by atoms with E-state index >= 15 is 0 Å². The Labute approximate surface area is 155 Å². The first kappa shape index (κ1) is 22.4. The van der Waals surface area contributed by atoms with Crippen LogP contribution < -0.4 is 4.72 Å². The summed E-state index contributed by atoms with van der Waals surface area (Å²) in [5.74, 6) is -0.684. The first-order chi connectivity index (χ1) is 12.5. The normalized spacial score (nSPS) is 12.7. The van der Waals surface area contributed by atoms with Crippen LogP contribution in [0.15, 0.2) is 29.2 Å². The van der Waals surface area contributed by atoms with E-state index in [0.29, 0.717) is 6.07 Å². The standard InChI is InChI=1S/C16H17F3N4O3S/c1-12(15(24)23(9-3-7-20)10-4-8-21)22-27(25,26)14-6-2-5-13(11-14)16(17,18)19/h2,5-6,11-12,22H,3-4,9-10H2,1H3. The van der Waals surface area contributed by atoms with Gasteiger partial charge < -0.3 is 4.90 Å². The van der Waals surface area contributed by atoms with Gasteiger partial charge in [0, 0.05) is 13.1 Å². The molecular weight excluding hydrogens is 385 g/mol. The van der Waals surface area contributed by atoms with E-state index in [4.69, 9.17) is 10.5 Å². The van der Waals surface area contributed by atoms with Crippen molar-refractivity contribution in [1.82, 2.24) is 9.62 Å². The number of benzene rings is 1. The molecule has 1 amide bonds. The summed E-state index contributed by atoms with van der Waals surface area (Å²) in [6.45, 7) is 1.25. The maximum atomic E-state index is 12.8. The van der Waals surface area contributed by atoms with Gasteiger partial charge in [-0.05, 0) is 25.1 Å². The van der Waals surface area contributed by atoms with Gasteiger partial charge in [0.15, 0.2) is 0 Å². The second-order valence-electron chi connectivity index (χ2n) is 5.51. The van der Waals surface area contributed by atoms with E-state index in [9.17, 15) is 26.4 Å². The number of carbonyl (C=O) groups is 1. The van der Waals surface area contributed by atoms with Crippen molar-refractivity contribution in [3.05, 3.63) is 29.8 Å². The van der Waals surface area contributed by atoms with Gasteiger partial charge in [0.1, 0.15) is 0 Å². The lowest BCUT2D eigenvalue weighted by atomic mass is 10.2. The molecule has 1 unspecified atom stereocenters. The number of rotatable bonds is 8. The molecule has 146 valence electrons. The first-order valence-corrected chi connectivity index (χ1v) is 9.23. The number of nitrogens with zero attached hydrogens (tertiary/aromatic N) is 3. The molecule has 1 N–H and O–H groups in total. The number of alkyl halides is 3. The molecule has 1 aromatic rings. The fraction of sp³-hybridized carbons (Fsp3) is 0.438. The number of sulfonamides is 1. The molecule has 1 aromatic carbocycles. The molecule has 0 fully saturated rings. The van der Waals surface area contributed by atoms with Gasteiger partial charge in [-0.25, -0.2) is 8.42 Å². The Morgan fingerprint density at radius 2 is 1.78 bits per heavy atom. The molecular formula is C16H17F3N4O3S. The van der Waals surface area contributed by atoms with Crippen molar-refractivity contribution in [3.63, 3.8) is 0 Å². The Bertz CT molecular complexity index is 839. The molecule has 0 spiro atoms. The molecule has 0 aliphatic rings. The maximum Gasteiger partial charge on any atom is 0.416 e. The number of hydrogen-bond acceptors (Lipinski definition) is 5. The third kappa shape index (κ3) is 6.55. The van der Waals surface area contributed by atoms with Crippen LogP contribution in [0, 0.1) is 22.7 Å². The number of carbonyl (C=O) groups excluding carboxylic acids is 1. The zero-order chi connectivity index (χ0) is 20.7. The molecule has 1 rings (SSSR count). The minimum Gasteiger partial charge on any atom is -0.339 e. The van der Waals surface area contributed by atoms with Crippen LogP contribution in [-0.4, -0.2) is 38.4 Å². The Morgan fingerprint density at radius 3 is 2.26 bits per heavy atom.